The van der Waals surface area contributed by atoms with Crippen molar-refractivity contribution in [2.75, 3.05) is 0 Å². The SMILES string of the molecule is N[C@@H](Cc1ccc(OP(=O)(OCc2ccccc2)OCc2ccccc2)cc1)C(=O)OCc1ccccc1. The van der Waals surface area contributed by atoms with Crippen LogP contribution in [0.3, 0.4) is 0 Å². The third-order valence-electron chi connectivity index (χ3n) is 5.59. The summed E-state index contributed by atoms with van der Waals surface area (Å²) in [6.45, 7) is 0.289. The Kier molecular flexibility index (Phi) is 9.84. The van der Waals surface area contributed by atoms with Gasteiger partial charge < -0.3 is 15.0 Å². The van der Waals surface area contributed by atoms with Gasteiger partial charge in [0.15, 0.2) is 0 Å². The molecule has 0 radical (unpaired) electrons. The van der Waals surface area contributed by atoms with Gasteiger partial charge in [-0.3, -0.25) is 13.8 Å². The summed E-state index contributed by atoms with van der Waals surface area (Å²) in [5.41, 5.74) is 9.41. The highest BCUT2D eigenvalue weighted by Crippen LogP contribution is 2.51. The van der Waals surface area contributed by atoms with Crippen LogP contribution in [0, 0.1) is 0 Å². The summed E-state index contributed by atoms with van der Waals surface area (Å²) in [5.74, 6) is -0.180. The molecule has 4 aromatic rings. The van der Waals surface area contributed by atoms with Crippen molar-refractivity contribution in [3.05, 3.63) is 138 Å². The van der Waals surface area contributed by atoms with E-state index in [0.717, 1.165) is 22.3 Å². The number of hydrogen-bond acceptors (Lipinski definition) is 7. The Balaban J connectivity index is 1.35. The molecule has 0 saturated carbocycles. The van der Waals surface area contributed by atoms with Crippen molar-refractivity contribution >= 4 is 13.8 Å². The van der Waals surface area contributed by atoms with Gasteiger partial charge in [-0.2, -0.15) is 0 Å². The average molecular weight is 532 g/mol. The molecule has 1 atom stereocenters. The summed E-state index contributed by atoms with van der Waals surface area (Å²) in [5, 5.41) is 0. The first-order valence-electron chi connectivity index (χ1n) is 12.2. The summed E-state index contributed by atoms with van der Waals surface area (Å²) >= 11 is 0. The van der Waals surface area contributed by atoms with Gasteiger partial charge in [-0.1, -0.05) is 103 Å². The zero-order valence-electron chi connectivity index (χ0n) is 20.8. The summed E-state index contributed by atoms with van der Waals surface area (Å²) in [6.07, 6.45) is 0.278. The number of nitrogens with two attached hydrogens (primary N) is 1. The molecule has 0 fully saturated rings. The molecule has 2 N–H and O–H groups in total. The number of esters is 1. The first-order valence-corrected chi connectivity index (χ1v) is 13.7. The van der Waals surface area contributed by atoms with Gasteiger partial charge >= 0.3 is 13.8 Å². The fourth-order valence-electron chi connectivity index (χ4n) is 3.53. The highest BCUT2D eigenvalue weighted by atomic mass is 31.2. The van der Waals surface area contributed by atoms with Crippen molar-refractivity contribution in [1.82, 2.24) is 0 Å². The third-order valence-corrected chi connectivity index (χ3v) is 6.91. The van der Waals surface area contributed by atoms with Crippen LogP contribution in [0.4, 0.5) is 0 Å². The lowest BCUT2D eigenvalue weighted by atomic mass is 10.1. The van der Waals surface area contributed by atoms with Crippen molar-refractivity contribution < 1.29 is 27.7 Å². The predicted octanol–water partition coefficient (Wildman–Crippen LogP) is 6.22. The zero-order valence-corrected chi connectivity index (χ0v) is 21.7. The van der Waals surface area contributed by atoms with Crippen LogP contribution in [0.1, 0.15) is 22.3 Å². The van der Waals surface area contributed by atoms with Crippen molar-refractivity contribution in [3.8, 4) is 5.75 Å². The number of carbonyl (C=O) groups is 1. The molecular formula is C30H30NO6P. The Labute approximate surface area is 222 Å². The van der Waals surface area contributed by atoms with E-state index in [1.54, 1.807) is 24.3 Å². The van der Waals surface area contributed by atoms with Gasteiger partial charge in [0.1, 0.15) is 18.4 Å². The maximum absolute atomic E-state index is 13.5. The summed E-state index contributed by atoms with van der Waals surface area (Å²) in [6, 6.07) is 34.1. The lowest BCUT2D eigenvalue weighted by molar-refractivity contribution is -0.146. The molecule has 0 bridgehead atoms. The van der Waals surface area contributed by atoms with Gasteiger partial charge in [0, 0.05) is 0 Å². The van der Waals surface area contributed by atoms with E-state index >= 15 is 0 Å². The van der Waals surface area contributed by atoms with Crippen LogP contribution in [-0.2, 0) is 49.4 Å². The molecule has 0 heterocycles. The van der Waals surface area contributed by atoms with E-state index < -0.39 is 19.8 Å². The van der Waals surface area contributed by atoms with Gasteiger partial charge in [0.25, 0.3) is 0 Å². The minimum Gasteiger partial charge on any atom is -0.460 e. The first kappa shape index (κ1) is 27.3. The number of rotatable bonds is 13. The van der Waals surface area contributed by atoms with Crippen molar-refractivity contribution in [3.63, 3.8) is 0 Å². The Morgan fingerprint density at radius 2 is 1.08 bits per heavy atom. The Bertz CT molecular complexity index is 1270. The van der Waals surface area contributed by atoms with Crippen molar-refractivity contribution in [2.24, 2.45) is 5.73 Å². The fraction of sp³-hybridized carbons (Fsp3) is 0.167. The van der Waals surface area contributed by atoms with E-state index in [0.29, 0.717) is 5.75 Å². The van der Waals surface area contributed by atoms with E-state index in [-0.39, 0.29) is 26.2 Å². The standard InChI is InChI=1S/C30H30NO6P/c31-29(30(32)34-21-25-10-4-1-5-11-25)20-24-16-18-28(19-17-24)37-38(33,35-22-26-12-6-2-7-13-26)36-23-27-14-8-3-9-15-27/h1-19,29H,20-23,31H2/t29-/m0/s1. The van der Waals surface area contributed by atoms with Crippen LogP contribution >= 0.6 is 7.82 Å². The van der Waals surface area contributed by atoms with Crippen molar-refractivity contribution in [2.45, 2.75) is 32.3 Å². The molecule has 0 amide bonds. The number of benzene rings is 4. The first-order chi connectivity index (χ1) is 18.5. The summed E-state index contributed by atoms with van der Waals surface area (Å²) < 4.78 is 35.9. The Morgan fingerprint density at radius 1 is 0.632 bits per heavy atom. The minimum atomic E-state index is -3.97. The van der Waals surface area contributed by atoms with Gasteiger partial charge in [0.2, 0.25) is 0 Å². The molecular weight excluding hydrogens is 501 g/mol. The predicted molar refractivity (Wildman–Crippen MR) is 145 cm³/mol. The zero-order chi connectivity index (χ0) is 26.6. The topological polar surface area (TPSA) is 97.1 Å². The summed E-state index contributed by atoms with van der Waals surface area (Å²) in [7, 11) is -3.97. The normalized spacial score (nSPS) is 12.0. The molecule has 196 valence electrons. The molecule has 0 aliphatic heterocycles. The maximum Gasteiger partial charge on any atom is 0.530 e. The summed E-state index contributed by atoms with van der Waals surface area (Å²) in [4.78, 5) is 12.3. The van der Waals surface area contributed by atoms with Crippen LogP contribution in [0.5, 0.6) is 5.75 Å². The molecule has 4 aromatic carbocycles. The lowest BCUT2D eigenvalue weighted by Gasteiger charge is -2.19. The number of hydrogen-bond donors (Lipinski definition) is 1. The second-order valence-electron chi connectivity index (χ2n) is 8.60. The average Bonchev–Trinajstić information content (AvgIpc) is 2.96. The molecule has 38 heavy (non-hydrogen) atoms. The fourth-order valence-corrected chi connectivity index (χ4v) is 4.71. The van der Waals surface area contributed by atoms with Crippen molar-refractivity contribution in [1.29, 1.82) is 0 Å². The molecule has 0 unspecified atom stereocenters. The van der Waals surface area contributed by atoms with Gasteiger partial charge in [-0.05, 0) is 40.8 Å². The highest BCUT2D eigenvalue weighted by molar-refractivity contribution is 7.48. The molecule has 8 heteroatoms. The van der Waals surface area contributed by atoms with E-state index in [9.17, 15) is 9.36 Å². The van der Waals surface area contributed by atoms with E-state index in [1.807, 2.05) is 91.0 Å². The Morgan fingerprint density at radius 3 is 1.55 bits per heavy atom. The second-order valence-corrected chi connectivity index (χ2v) is 10.2. The molecule has 0 aliphatic rings. The Hall–Kier alpha value is -3.74. The number of ether oxygens (including phenoxy) is 1. The van der Waals surface area contributed by atoms with E-state index in [4.69, 9.17) is 24.0 Å². The van der Waals surface area contributed by atoms with Crippen LogP contribution in [0.2, 0.25) is 0 Å². The largest absolute Gasteiger partial charge is 0.530 e. The number of carbonyl (C=O) groups excluding carboxylic acids is 1. The monoisotopic (exact) mass is 531 g/mol. The minimum absolute atomic E-state index is 0.0605. The van der Waals surface area contributed by atoms with E-state index in [2.05, 4.69) is 0 Å². The number of phosphoric acid groups is 1. The highest BCUT2D eigenvalue weighted by Gasteiger charge is 2.29. The molecule has 4 rings (SSSR count). The van der Waals surface area contributed by atoms with Crippen LogP contribution in [0.15, 0.2) is 115 Å². The third kappa shape index (κ3) is 8.68. The molecule has 0 spiro atoms. The van der Waals surface area contributed by atoms with Gasteiger partial charge in [-0.25, -0.2) is 4.57 Å². The molecule has 0 aliphatic carbocycles. The molecule has 0 saturated heterocycles. The smallest absolute Gasteiger partial charge is 0.460 e. The van der Waals surface area contributed by atoms with Crippen LogP contribution in [-0.4, -0.2) is 12.0 Å². The van der Waals surface area contributed by atoms with Gasteiger partial charge in [-0.15, -0.1) is 0 Å². The lowest BCUT2D eigenvalue weighted by Crippen LogP contribution is -2.34. The van der Waals surface area contributed by atoms with Gasteiger partial charge in [0.05, 0.1) is 13.2 Å². The van der Waals surface area contributed by atoms with E-state index in [1.165, 1.54) is 0 Å². The maximum atomic E-state index is 13.5. The van der Waals surface area contributed by atoms with Crippen LogP contribution in [0.25, 0.3) is 0 Å². The molecule has 0 aromatic heterocycles. The second kappa shape index (κ2) is 13.7. The quantitative estimate of drug-likeness (QED) is 0.162. The molecule has 7 nitrogen and oxygen atoms in total. The number of phosphoric ester groups is 1. The van der Waals surface area contributed by atoms with Crippen LogP contribution < -0.4 is 10.3 Å².